The molecular weight excluding hydrogens is 261 g/mol. The molecule has 1 aromatic heterocycles. The van der Waals surface area contributed by atoms with Crippen LogP contribution in [0.15, 0.2) is 24.5 Å². The van der Waals surface area contributed by atoms with Gasteiger partial charge in [0, 0.05) is 18.9 Å². The Labute approximate surface area is 114 Å². The Morgan fingerprint density at radius 3 is 2.35 bits per heavy atom. The number of carbonyl (C=O) groups excluding carboxylic acids is 1. The minimum Gasteiger partial charge on any atom is -0.351 e. The van der Waals surface area contributed by atoms with E-state index >= 15 is 0 Å². The van der Waals surface area contributed by atoms with Crippen LogP contribution in [-0.2, 0) is 11.3 Å². The summed E-state index contributed by atoms with van der Waals surface area (Å²) >= 11 is 0. The van der Waals surface area contributed by atoms with Gasteiger partial charge >= 0.3 is 0 Å². The van der Waals surface area contributed by atoms with Crippen molar-refractivity contribution in [1.29, 1.82) is 0 Å². The van der Waals surface area contributed by atoms with Gasteiger partial charge in [-0.05, 0) is 23.6 Å². The molecule has 0 fully saturated rings. The number of nitrogens with two attached hydrogens (primary N) is 1. The molecule has 0 saturated heterocycles. The molecular formula is C11H19Cl2N3O. The summed E-state index contributed by atoms with van der Waals surface area (Å²) in [6, 6.07) is 3.29. The molecule has 17 heavy (non-hydrogen) atoms. The molecule has 0 bridgehead atoms. The van der Waals surface area contributed by atoms with Crippen LogP contribution in [-0.4, -0.2) is 16.9 Å². The van der Waals surface area contributed by atoms with Crippen LogP contribution in [0.4, 0.5) is 0 Å². The molecule has 1 amide bonds. The van der Waals surface area contributed by atoms with Crippen LogP contribution in [0.5, 0.6) is 0 Å². The van der Waals surface area contributed by atoms with E-state index in [1.807, 2.05) is 26.0 Å². The fraction of sp³-hybridized carbons (Fsp3) is 0.455. The monoisotopic (exact) mass is 279 g/mol. The lowest BCUT2D eigenvalue weighted by atomic mass is 10.1. The second-order valence-corrected chi connectivity index (χ2v) is 3.84. The lowest BCUT2D eigenvalue weighted by Crippen LogP contribution is -2.43. The molecule has 98 valence electrons. The lowest BCUT2D eigenvalue weighted by Gasteiger charge is -2.15. The maximum Gasteiger partial charge on any atom is 0.237 e. The number of aromatic nitrogens is 1. The van der Waals surface area contributed by atoms with Crippen LogP contribution >= 0.6 is 24.8 Å². The Hall–Kier alpha value is -0.840. The standard InChI is InChI=1S/C11H17N3O.2ClH/c1-8(2)10(12)11(15)14-7-9-3-5-13-6-4-9;;/h3-6,8,10H,7,12H2,1-2H3,(H,14,15);2*1H. The van der Waals surface area contributed by atoms with Crippen molar-refractivity contribution in [2.45, 2.75) is 26.4 Å². The molecule has 0 aromatic carbocycles. The van der Waals surface area contributed by atoms with Crippen LogP contribution in [0.25, 0.3) is 0 Å². The van der Waals surface area contributed by atoms with E-state index < -0.39 is 6.04 Å². The molecule has 0 radical (unpaired) electrons. The second-order valence-electron chi connectivity index (χ2n) is 3.84. The van der Waals surface area contributed by atoms with E-state index in [0.29, 0.717) is 6.54 Å². The summed E-state index contributed by atoms with van der Waals surface area (Å²) in [6.07, 6.45) is 3.40. The average molecular weight is 280 g/mol. The molecule has 6 heteroatoms. The minimum atomic E-state index is -0.438. The number of amides is 1. The first-order valence-electron chi connectivity index (χ1n) is 5.03. The van der Waals surface area contributed by atoms with Gasteiger partial charge in [0.2, 0.25) is 5.91 Å². The molecule has 1 aromatic rings. The van der Waals surface area contributed by atoms with E-state index in [4.69, 9.17) is 5.73 Å². The molecule has 1 rings (SSSR count). The van der Waals surface area contributed by atoms with Gasteiger partial charge in [-0.2, -0.15) is 0 Å². The number of rotatable bonds is 4. The van der Waals surface area contributed by atoms with Crippen LogP contribution < -0.4 is 11.1 Å². The highest BCUT2D eigenvalue weighted by Gasteiger charge is 2.16. The first-order chi connectivity index (χ1) is 7.11. The summed E-state index contributed by atoms with van der Waals surface area (Å²) < 4.78 is 0. The maximum atomic E-state index is 11.5. The van der Waals surface area contributed by atoms with Crippen molar-refractivity contribution in [2.75, 3.05) is 0 Å². The molecule has 0 spiro atoms. The third kappa shape index (κ3) is 6.46. The van der Waals surface area contributed by atoms with Crippen molar-refractivity contribution < 1.29 is 4.79 Å². The van der Waals surface area contributed by atoms with E-state index in [0.717, 1.165) is 5.56 Å². The predicted molar refractivity (Wildman–Crippen MR) is 73.4 cm³/mol. The lowest BCUT2D eigenvalue weighted by molar-refractivity contribution is -0.123. The zero-order valence-corrected chi connectivity index (χ0v) is 11.6. The van der Waals surface area contributed by atoms with Crippen molar-refractivity contribution in [1.82, 2.24) is 10.3 Å². The fourth-order valence-corrected chi connectivity index (χ4v) is 1.11. The van der Waals surface area contributed by atoms with Gasteiger partial charge in [-0.25, -0.2) is 0 Å². The minimum absolute atomic E-state index is 0. The maximum absolute atomic E-state index is 11.5. The molecule has 0 aliphatic rings. The Morgan fingerprint density at radius 2 is 1.88 bits per heavy atom. The average Bonchev–Trinajstić information content (AvgIpc) is 2.26. The van der Waals surface area contributed by atoms with Crippen molar-refractivity contribution in [2.24, 2.45) is 11.7 Å². The SMILES string of the molecule is CC(C)C(N)C(=O)NCc1ccncc1.Cl.Cl. The Morgan fingerprint density at radius 1 is 1.35 bits per heavy atom. The van der Waals surface area contributed by atoms with Gasteiger partial charge in [0.05, 0.1) is 6.04 Å². The highest BCUT2D eigenvalue weighted by Crippen LogP contribution is 1.99. The summed E-state index contributed by atoms with van der Waals surface area (Å²) in [5, 5.41) is 2.79. The number of pyridine rings is 1. The van der Waals surface area contributed by atoms with Crippen molar-refractivity contribution in [3.63, 3.8) is 0 Å². The number of hydrogen-bond donors (Lipinski definition) is 2. The highest BCUT2D eigenvalue weighted by molar-refractivity contribution is 5.85. The summed E-state index contributed by atoms with van der Waals surface area (Å²) in [6.45, 7) is 4.36. The van der Waals surface area contributed by atoms with Gasteiger partial charge in [0.25, 0.3) is 0 Å². The molecule has 0 saturated carbocycles. The molecule has 0 aliphatic carbocycles. The zero-order valence-electron chi connectivity index (χ0n) is 9.92. The zero-order chi connectivity index (χ0) is 11.3. The van der Waals surface area contributed by atoms with E-state index in [1.165, 1.54) is 0 Å². The van der Waals surface area contributed by atoms with E-state index in [-0.39, 0.29) is 36.6 Å². The predicted octanol–water partition coefficient (Wildman–Crippen LogP) is 1.52. The van der Waals surface area contributed by atoms with E-state index in [9.17, 15) is 4.79 Å². The first kappa shape index (κ1) is 18.5. The van der Waals surface area contributed by atoms with Crippen LogP contribution in [0, 0.1) is 5.92 Å². The van der Waals surface area contributed by atoms with Crippen LogP contribution in [0.3, 0.4) is 0 Å². The Kier molecular flexibility index (Phi) is 10.0. The van der Waals surface area contributed by atoms with E-state index in [1.54, 1.807) is 12.4 Å². The molecule has 3 N–H and O–H groups in total. The van der Waals surface area contributed by atoms with Gasteiger partial charge in [-0.15, -0.1) is 24.8 Å². The molecule has 0 aliphatic heterocycles. The quantitative estimate of drug-likeness (QED) is 0.878. The van der Waals surface area contributed by atoms with Crippen LogP contribution in [0.2, 0.25) is 0 Å². The fourth-order valence-electron chi connectivity index (χ4n) is 1.11. The van der Waals surface area contributed by atoms with Gasteiger partial charge in [-0.3, -0.25) is 9.78 Å². The smallest absolute Gasteiger partial charge is 0.237 e. The number of carbonyl (C=O) groups is 1. The first-order valence-corrected chi connectivity index (χ1v) is 5.03. The summed E-state index contributed by atoms with van der Waals surface area (Å²) in [5.41, 5.74) is 6.72. The Bertz CT molecular complexity index is 320. The number of hydrogen-bond acceptors (Lipinski definition) is 3. The van der Waals surface area contributed by atoms with Gasteiger partial charge in [0.15, 0.2) is 0 Å². The van der Waals surface area contributed by atoms with E-state index in [2.05, 4.69) is 10.3 Å². The van der Waals surface area contributed by atoms with Gasteiger partial charge in [0.1, 0.15) is 0 Å². The third-order valence-corrected chi connectivity index (χ3v) is 2.24. The summed E-state index contributed by atoms with van der Waals surface area (Å²) in [7, 11) is 0. The molecule has 4 nitrogen and oxygen atoms in total. The van der Waals surface area contributed by atoms with Gasteiger partial charge < -0.3 is 11.1 Å². The van der Waals surface area contributed by atoms with Crippen molar-refractivity contribution in [3.05, 3.63) is 30.1 Å². The van der Waals surface area contributed by atoms with Crippen molar-refractivity contribution >= 4 is 30.7 Å². The van der Waals surface area contributed by atoms with Crippen molar-refractivity contribution in [3.8, 4) is 0 Å². The molecule has 1 atom stereocenters. The molecule has 1 heterocycles. The third-order valence-electron chi connectivity index (χ3n) is 2.24. The molecule has 1 unspecified atom stereocenters. The second kappa shape index (κ2) is 9.22. The van der Waals surface area contributed by atoms with Crippen LogP contribution in [0.1, 0.15) is 19.4 Å². The number of nitrogens with one attached hydrogen (secondary N) is 1. The highest BCUT2D eigenvalue weighted by atomic mass is 35.5. The summed E-state index contributed by atoms with van der Waals surface area (Å²) in [4.78, 5) is 15.4. The van der Waals surface area contributed by atoms with Gasteiger partial charge in [-0.1, -0.05) is 13.8 Å². The number of nitrogens with zero attached hydrogens (tertiary/aromatic N) is 1. The number of halogens is 2. The Balaban J connectivity index is 0. The topological polar surface area (TPSA) is 68.0 Å². The normalized spacial score (nSPS) is 11.1. The largest absolute Gasteiger partial charge is 0.351 e. The summed E-state index contributed by atoms with van der Waals surface area (Å²) in [5.74, 6) is 0.0456.